The Morgan fingerprint density at radius 1 is 1.42 bits per heavy atom. The molecule has 0 radical (unpaired) electrons. The first-order valence-electron chi connectivity index (χ1n) is 6.10. The van der Waals surface area contributed by atoms with E-state index >= 15 is 0 Å². The molecule has 0 aliphatic heterocycles. The maximum absolute atomic E-state index is 11.0. The van der Waals surface area contributed by atoms with Gasteiger partial charge >= 0.3 is 5.97 Å². The van der Waals surface area contributed by atoms with E-state index in [1.807, 2.05) is 11.6 Å². The van der Waals surface area contributed by atoms with Crippen LogP contribution >= 0.6 is 11.6 Å². The lowest BCUT2D eigenvalue weighted by Crippen LogP contribution is -2.01. The molecule has 0 fully saturated rings. The van der Waals surface area contributed by atoms with Gasteiger partial charge in [0, 0.05) is 28.4 Å². The Bertz CT molecular complexity index is 620. The molecule has 0 amide bonds. The molecule has 0 spiro atoms. The van der Waals surface area contributed by atoms with E-state index in [1.54, 1.807) is 18.3 Å². The Kier molecular flexibility index (Phi) is 3.90. The predicted molar refractivity (Wildman–Crippen MR) is 74.7 cm³/mol. The van der Waals surface area contributed by atoms with Crippen LogP contribution in [0.4, 0.5) is 0 Å². The Morgan fingerprint density at radius 3 is 2.79 bits per heavy atom. The van der Waals surface area contributed by atoms with Crippen molar-refractivity contribution >= 4 is 17.6 Å². The summed E-state index contributed by atoms with van der Waals surface area (Å²) in [5.74, 6) is -0.962. The van der Waals surface area contributed by atoms with Crippen LogP contribution in [-0.4, -0.2) is 20.9 Å². The highest BCUT2D eigenvalue weighted by Crippen LogP contribution is 2.31. The third kappa shape index (κ3) is 2.63. The first-order valence-corrected chi connectivity index (χ1v) is 6.48. The second kappa shape index (κ2) is 5.45. The number of aryl methyl sites for hydroxylation is 1. The maximum Gasteiger partial charge on any atom is 0.335 e. The number of nitrogens with zero attached hydrogens (tertiary/aromatic N) is 2. The fourth-order valence-electron chi connectivity index (χ4n) is 2.01. The Morgan fingerprint density at radius 2 is 2.16 bits per heavy atom. The SMILES string of the molecule is CCCn1ncc(-c2cc(C(=O)O)ccc2Cl)c1C. The van der Waals surface area contributed by atoms with Gasteiger partial charge in [0.25, 0.3) is 0 Å². The van der Waals surface area contributed by atoms with Crippen molar-refractivity contribution in [2.75, 3.05) is 0 Å². The minimum Gasteiger partial charge on any atom is -0.478 e. The molecule has 1 aromatic carbocycles. The van der Waals surface area contributed by atoms with Gasteiger partial charge in [-0.25, -0.2) is 4.79 Å². The minimum absolute atomic E-state index is 0.224. The molecule has 5 heteroatoms. The standard InChI is InChI=1S/C14H15ClN2O2/c1-3-6-17-9(2)12(8-16-17)11-7-10(14(18)19)4-5-13(11)15/h4-5,7-8H,3,6H2,1-2H3,(H,18,19). The minimum atomic E-state index is -0.962. The molecule has 0 aliphatic rings. The summed E-state index contributed by atoms with van der Waals surface area (Å²) < 4.78 is 1.90. The molecule has 1 N–H and O–H groups in total. The summed E-state index contributed by atoms with van der Waals surface area (Å²) in [6.45, 7) is 4.88. The van der Waals surface area contributed by atoms with E-state index in [0.29, 0.717) is 10.6 Å². The summed E-state index contributed by atoms with van der Waals surface area (Å²) in [5, 5.41) is 13.9. The second-order valence-corrected chi connectivity index (χ2v) is 4.77. The van der Waals surface area contributed by atoms with E-state index in [2.05, 4.69) is 12.0 Å². The number of hydrogen-bond acceptors (Lipinski definition) is 2. The lowest BCUT2D eigenvalue weighted by Gasteiger charge is -2.06. The molecule has 2 aromatic rings. The zero-order valence-corrected chi connectivity index (χ0v) is 11.6. The van der Waals surface area contributed by atoms with Gasteiger partial charge in [0.1, 0.15) is 0 Å². The third-order valence-corrected chi connectivity index (χ3v) is 3.37. The second-order valence-electron chi connectivity index (χ2n) is 4.37. The van der Waals surface area contributed by atoms with E-state index in [-0.39, 0.29) is 5.56 Å². The summed E-state index contributed by atoms with van der Waals surface area (Å²) in [6.07, 6.45) is 2.72. The maximum atomic E-state index is 11.0. The molecule has 0 saturated heterocycles. The van der Waals surface area contributed by atoms with Gasteiger partial charge in [-0.2, -0.15) is 5.10 Å². The molecular weight excluding hydrogens is 264 g/mol. The van der Waals surface area contributed by atoms with Crippen LogP contribution < -0.4 is 0 Å². The highest BCUT2D eigenvalue weighted by Gasteiger charge is 2.14. The number of carbonyl (C=O) groups is 1. The van der Waals surface area contributed by atoms with Crippen molar-refractivity contribution in [1.82, 2.24) is 9.78 Å². The van der Waals surface area contributed by atoms with Gasteiger partial charge in [-0.1, -0.05) is 18.5 Å². The molecule has 2 rings (SSSR count). The van der Waals surface area contributed by atoms with E-state index in [1.165, 1.54) is 6.07 Å². The number of aromatic nitrogens is 2. The molecule has 0 aliphatic carbocycles. The van der Waals surface area contributed by atoms with Crippen LogP contribution in [0, 0.1) is 6.92 Å². The first kappa shape index (κ1) is 13.6. The van der Waals surface area contributed by atoms with Crippen molar-refractivity contribution in [3.05, 3.63) is 40.7 Å². The van der Waals surface area contributed by atoms with Crippen LogP contribution in [0.15, 0.2) is 24.4 Å². The van der Waals surface area contributed by atoms with Crippen LogP contribution in [0.3, 0.4) is 0 Å². The van der Waals surface area contributed by atoms with Crippen LogP contribution in [0.1, 0.15) is 29.4 Å². The van der Waals surface area contributed by atoms with Crippen molar-refractivity contribution in [1.29, 1.82) is 0 Å². The lowest BCUT2D eigenvalue weighted by molar-refractivity contribution is 0.0697. The average Bonchev–Trinajstić information content (AvgIpc) is 2.72. The number of hydrogen-bond donors (Lipinski definition) is 1. The largest absolute Gasteiger partial charge is 0.478 e. The van der Waals surface area contributed by atoms with E-state index in [4.69, 9.17) is 16.7 Å². The topological polar surface area (TPSA) is 55.1 Å². The zero-order valence-electron chi connectivity index (χ0n) is 10.9. The van der Waals surface area contributed by atoms with Crippen LogP contribution in [0.25, 0.3) is 11.1 Å². The average molecular weight is 279 g/mol. The van der Waals surface area contributed by atoms with Gasteiger partial charge in [-0.05, 0) is 31.5 Å². The fraction of sp³-hybridized carbons (Fsp3) is 0.286. The molecule has 19 heavy (non-hydrogen) atoms. The summed E-state index contributed by atoms with van der Waals surface area (Å²) in [4.78, 5) is 11.0. The number of benzene rings is 1. The van der Waals surface area contributed by atoms with Crippen molar-refractivity contribution in [2.24, 2.45) is 0 Å². The Labute approximate surface area is 116 Å². The van der Waals surface area contributed by atoms with Crippen molar-refractivity contribution in [3.8, 4) is 11.1 Å². The van der Waals surface area contributed by atoms with Gasteiger partial charge in [-0.3, -0.25) is 4.68 Å². The number of carboxylic acid groups (broad SMARTS) is 1. The molecule has 0 bridgehead atoms. The lowest BCUT2D eigenvalue weighted by atomic mass is 10.0. The molecule has 0 atom stereocenters. The third-order valence-electron chi connectivity index (χ3n) is 3.04. The molecule has 1 heterocycles. The van der Waals surface area contributed by atoms with Crippen molar-refractivity contribution < 1.29 is 9.90 Å². The Balaban J connectivity index is 2.52. The van der Waals surface area contributed by atoms with Crippen LogP contribution in [0.2, 0.25) is 5.02 Å². The van der Waals surface area contributed by atoms with E-state index in [9.17, 15) is 4.79 Å². The smallest absolute Gasteiger partial charge is 0.335 e. The number of rotatable bonds is 4. The number of carboxylic acids is 1. The summed E-state index contributed by atoms with van der Waals surface area (Å²) in [6, 6.07) is 4.70. The molecule has 4 nitrogen and oxygen atoms in total. The highest BCUT2D eigenvalue weighted by atomic mass is 35.5. The van der Waals surface area contributed by atoms with Crippen molar-refractivity contribution in [3.63, 3.8) is 0 Å². The normalized spacial score (nSPS) is 10.7. The van der Waals surface area contributed by atoms with Crippen LogP contribution in [0.5, 0.6) is 0 Å². The molecular formula is C14H15ClN2O2. The Hall–Kier alpha value is -1.81. The van der Waals surface area contributed by atoms with Gasteiger partial charge in [0.15, 0.2) is 0 Å². The molecule has 0 unspecified atom stereocenters. The summed E-state index contributed by atoms with van der Waals surface area (Å²) in [7, 11) is 0. The van der Waals surface area contributed by atoms with Gasteiger partial charge in [-0.15, -0.1) is 0 Å². The zero-order chi connectivity index (χ0) is 14.0. The summed E-state index contributed by atoms with van der Waals surface area (Å²) in [5.41, 5.74) is 2.80. The van der Waals surface area contributed by atoms with E-state index < -0.39 is 5.97 Å². The number of halogens is 1. The van der Waals surface area contributed by atoms with E-state index in [0.717, 1.165) is 24.2 Å². The predicted octanol–water partition coefficient (Wildman–Crippen LogP) is 3.62. The molecule has 100 valence electrons. The van der Waals surface area contributed by atoms with Crippen molar-refractivity contribution in [2.45, 2.75) is 26.8 Å². The van der Waals surface area contributed by atoms with Gasteiger partial charge in [0.05, 0.1) is 11.8 Å². The molecule has 1 aromatic heterocycles. The monoisotopic (exact) mass is 278 g/mol. The van der Waals surface area contributed by atoms with Crippen LogP contribution in [-0.2, 0) is 6.54 Å². The first-order chi connectivity index (χ1) is 9.04. The van der Waals surface area contributed by atoms with Gasteiger partial charge < -0.3 is 5.11 Å². The fourth-order valence-corrected chi connectivity index (χ4v) is 2.23. The summed E-state index contributed by atoms with van der Waals surface area (Å²) >= 11 is 6.16. The quantitative estimate of drug-likeness (QED) is 0.929. The molecule has 0 saturated carbocycles. The number of aromatic carboxylic acids is 1. The highest BCUT2D eigenvalue weighted by molar-refractivity contribution is 6.33. The van der Waals surface area contributed by atoms with Gasteiger partial charge in [0.2, 0.25) is 0 Å².